The summed E-state index contributed by atoms with van der Waals surface area (Å²) in [4.78, 5) is 0. The maximum absolute atomic E-state index is 11.7. The summed E-state index contributed by atoms with van der Waals surface area (Å²) in [6.45, 7) is 21.2. The number of aliphatic hydroxyl groups excluding tert-OH is 1. The molecule has 0 aromatic heterocycles. The van der Waals surface area contributed by atoms with E-state index in [0.717, 1.165) is 18.8 Å². The lowest BCUT2D eigenvalue weighted by atomic mass is 9.45. The Morgan fingerprint density at radius 1 is 1.16 bits per heavy atom. The van der Waals surface area contributed by atoms with E-state index in [1.165, 1.54) is 56.1 Å². The van der Waals surface area contributed by atoms with Gasteiger partial charge in [-0.1, -0.05) is 66.7 Å². The highest BCUT2D eigenvalue weighted by Gasteiger charge is 2.58. The number of rotatable bonds is 5. The highest BCUT2D eigenvalue weighted by atomic mass is 16.3. The van der Waals surface area contributed by atoms with Crippen LogP contribution in [0.1, 0.15) is 106 Å². The van der Waals surface area contributed by atoms with Gasteiger partial charge in [-0.05, 0) is 114 Å². The fourth-order valence-electron chi connectivity index (χ4n) is 8.39. The van der Waals surface area contributed by atoms with Crippen LogP contribution >= 0.6 is 0 Å². The van der Waals surface area contributed by atoms with Gasteiger partial charge in [-0.3, -0.25) is 0 Å². The van der Waals surface area contributed by atoms with E-state index in [0.29, 0.717) is 23.2 Å². The average Bonchev–Trinajstić information content (AvgIpc) is 3.00. The van der Waals surface area contributed by atoms with E-state index in [2.05, 4.69) is 61.1 Å². The Kier molecular flexibility index (Phi) is 5.94. The van der Waals surface area contributed by atoms with Gasteiger partial charge in [-0.15, -0.1) is 0 Å². The summed E-state index contributed by atoms with van der Waals surface area (Å²) in [6, 6.07) is 0. The molecule has 0 aliphatic heterocycles. The summed E-state index contributed by atoms with van der Waals surface area (Å²) >= 11 is 0. The molecule has 0 heterocycles. The molecule has 4 aliphatic rings. The predicted molar refractivity (Wildman–Crippen MR) is 133 cm³/mol. The molecule has 0 saturated heterocycles. The molecule has 4 aliphatic carbocycles. The summed E-state index contributed by atoms with van der Waals surface area (Å²) in [5, 5.41) is 11.7. The van der Waals surface area contributed by atoms with E-state index in [4.69, 9.17) is 0 Å². The Morgan fingerprint density at radius 2 is 1.87 bits per heavy atom. The highest BCUT2D eigenvalue weighted by Crippen LogP contribution is 2.67. The van der Waals surface area contributed by atoms with Crippen LogP contribution in [0.15, 0.2) is 34.9 Å². The molecule has 0 aromatic carbocycles. The second kappa shape index (κ2) is 7.89. The Morgan fingerprint density at radius 3 is 2.55 bits per heavy atom. The van der Waals surface area contributed by atoms with Crippen molar-refractivity contribution in [3.63, 3.8) is 0 Å². The fourth-order valence-corrected chi connectivity index (χ4v) is 8.39. The van der Waals surface area contributed by atoms with E-state index in [1.807, 2.05) is 0 Å². The van der Waals surface area contributed by atoms with Gasteiger partial charge in [0.15, 0.2) is 0 Å². The van der Waals surface area contributed by atoms with Gasteiger partial charge < -0.3 is 5.11 Å². The Bertz CT molecular complexity index is 795. The monoisotopic (exact) mass is 424 g/mol. The third kappa shape index (κ3) is 3.53. The van der Waals surface area contributed by atoms with Crippen molar-refractivity contribution in [2.45, 2.75) is 112 Å². The molecule has 0 radical (unpaired) electrons. The van der Waals surface area contributed by atoms with Crippen LogP contribution < -0.4 is 0 Å². The summed E-state index contributed by atoms with van der Waals surface area (Å²) in [7, 11) is 0. The van der Waals surface area contributed by atoms with Crippen LogP contribution in [-0.4, -0.2) is 11.2 Å². The van der Waals surface area contributed by atoms with Crippen LogP contribution in [0.3, 0.4) is 0 Å². The van der Waals surface area contributed by atoms with Crippen molar-refractivity contribution in [1.29, 1.82) is 0 Å². The molecule has 6 atom stereocenters. The van der Waals surface area contributed by atoms with Gasteiger partial charge in [0.25, 0.3) is 0 Å². The quantitative estimate of drug-likeness (QED) is 0.440. The van der Waals surface area contributed by atoms with Crippen molar-refractivity contribution >= 4 is 0 Å². The molecule has 1 N–H and O–H groups in total. The third-order valence-corrected chi connectivity index (χ3v) is 10.9. The number of aliphatic hydroxyl groups is 1. The van der Waals surface area contributed by atoms with Gasteiger partial charge in [0.2, 0.25) is 0 Å². The van der Waals surface area contributed by atoms with Gasteiger partial charge in [-0.2, -0.15) is 0 Å². The van der Waals surface area contributed by atoms with Gasteiger partial charge in [-0.25, -0.2) is 0 Å². The van der Waals surface area contributed by atoms with Crippen molar-refractivity contribution in [3.05, 3.63) is 34.9 Å². The standard InChI is InChI=1S/C30H48O/c1-19(2)20(3)10-9-11-22-12-14-24-23-13-15-26-28(5,6)21(4)16-17-29(26,7)27(23)25(31)18-30(22,24)8/h14,19,21-22,25-26,31H,3,9-13,15-18H2,1-2,4-8H3/t21?,22-,25-,26?,29?,30?/m0/s1. The van der Waals surface area contributed by atoms with Gasteiger partial charge in [0.1, 0.15) is 0 Å². The van der Waals surface area contributed by atoms with E-state index in [-0.39, 0.29) is 16.9 Å². The van der Waals surface area contributed by atoms with E-state index in [9.17, 15) is 5.11 Å². The molecular formula is C30H48O. The molecule has 0 amide bonds. The predicted octanol–water partition coefficient (Wildman–Crippen LogP) is 8.26. The molecule has 1 fully saturated rings. The highest BCUT2D eigenvalue weighted by molar-refractivity contribution is 5.51. The molecule has 0 spiro atoms. The number of allylic oxidation sites excluding steroid dienone is 4. The molecule has 0 aromatic rings. The van der Waals surface area contributed by atoms with E-state index in [1.54, 1.807) is 11.1 Å². The first-order valence-electron chi connectivity index (χ1n) is 13.2. The van der Waals surface area contributed by atoms with Crippen molar-refractivity contribution in [3.8, 4) is 0 Å². The average molecular weight is 425 g/mol. The van der Waals surface area contributed by atoms with Crippen molar-refractivity contribution < 1.29 is 5.11 Å². The fraction of sp³-hybridized carbons (Fsp3) is 0.800. The third-order valence-electron chi connectivity index (χ3n) is 10.9. The zero-order valence-corrected chi connectivity index (χ0v) is 21.5. The number of fused-ring (bicyclic) bond motifs is 4. The zero-order valence-electron chi connectivity index (χ0n) is 21.5. The number of hydrogen-bond donors (Lipinski definition) is 1. The lowest BCUT2D eigenvalue weighted by Gasteiger charge is -2.60. The van der Waals surface area contributed by atoms with Crippen LogP contribution in [-0.2, 0) is 0 Å². The van der Waals surface area contributed by atoms with Crippen LogP contribution in [0.5, 0.6) is 0 Å². The zero-order chi connectivity index (χ0) is 22.8. The lowest BCUT2D eigenvalue weighted by molar-refractivity contribution is -0.0478. The minimum atomic E-state index is -0.250. The van der Waals surface area contributed by atoms with Gasteiger partial charge >= 0.3 is 0 Å². The molecule has 1 heteroatoms. The van der Waals surface area contributed by atoms with Crippen LogP contribution in [0.25, 0.3) is 0 Å². The van der Waals surface area contributed by atoms with Crippen molar-refractivity contribution in [2.75, 3.05) is 0 Å². The van der Waals surface area contributed by atoms with E-state index >= 15 is 0 Å². The van der Waals surface area contributed by atoms with Crippen molar-refractivity contribution in [2.24, 2.45) is 39.9 Å². The molecule has 174 valence electrons. The summed E-state index contributed by atoms with van der Waals surface area (Å²) < 4.78 is 0. The smallest absolute Gasteiger partial charge is 0.0769 e. The molecule has 4 rings (SSSR count). The van der Waals surface area contributed by atoms with E-state index < -0.39 is 0 Å². The Hall–Kier alpha value is -0.820. The Balaban J connectivity index is 1.60. The SMILES string of the molecule is C=C(CCC[C@H]1CC=C2C3=C([C@@H](O)CC21C)C1(C)CCC(C)C(C)(C)C1CC3)C(C)C. The molecule has 31 heavy (non-hydrogen) atoms. The minimum Gasteiger partial charge on any atom is -0.389 e. The second-order valence-corrected chi connectivity index (χ2v) is 13.1. The van der Waals surface area contributed by atoms with Gasteiger partial charge in [0.05, 0.1) is 6.10 Å². The molecule has 1 saturated carbocycles. The first-order valence-corrected chi connectivity index (χ1v) is 13.2. The first-order chi connectivity index (χ1) is 14.4. The molecule has 0 bridgehead atoms. The van der Waals surface area contributed by atoms with Gasteiger partial charge in [0, 0.05) is 0 Å². The first kappa shape index (κ1) is 23.3. The normalized spacial score (nSPS) is 41.5. The minimum absolute atomic E-state index is 0.165. The lowest BCUT2D eigenvalue weighted by Crippen LogP contribution is -2.53. The van der Waals surface area contributed by atoms with Crippen LogP contribution in [0, 0.1) is 39.9 Å². The molecular weight excluding hydrogens is 376 g/mol. The molecule has 4 unspecified atom stereocenters. The molecule has 1 nitrogen and oxygen atoms in total. The topological polar surface area (TPSA) is 20.2 Å². The number of hydrogen-bond acceptors (Lipinski definition) is 1. The largest absolute Gasteiger partial charge is 0.389 e. The maximum atomic E-state index is 11.7. The summed E-state index contributed by atoms with van der Waals surface area (Å²) in [6.07, 6.45) is 13.2. The maximum Gasteiger partial charge on any atom is 0.0769 e. The second-order valence-electron chi connectivity index (χ2n) is 13.1. The van der Waals surface area contributed by atoms with Crippen LogP contribution in [0.2, 0.25) is 0 Å². The van der Waals surface area contributed by atoms with Crippen molar-refractivity contribution in [1.82, 2.24) is 0 Å². The summed E-state index contributed by atoms with van der Waals surface area (Å²) in [5.41, 5.74) is 6.77. The Labute approximate surface area is 192 Å². The summed E-state index contributed by atoms with van der Waals surface area (Å²) in [5.74, 6) is 2.74. The van der Waals surface area contributed by atoms with Crippen LogP contribution in [0.4, 0.5) is 0 Å².